The van der Waals surface area contributed by atoms with Gasteiger partial charge in [0, 0.05) is 19.3 Å². The molecule has 1 aliphatic rings. The molecule has 2 nitrogen and oxygen atoms in total. The lowest BCUT2D eigenvalue weighted by Crippen LogP contribution is -2.21. The predicted octanol–water partition coefficient (Wildman–Crippen LogP) is 3.75. The normalized spacial score (nSPS) is 20.3. The first-order valence-corrected chi connectivity index (χ1v) is 6.83. The molecule has 17 heavy (non-hydrogen) atoms. The highest BCUT2D eigenvalue weighted by Crippen LogP contribution is 2.27. The zero-order valence-corrected chi connectivity index (χ0v) is 11.5. The van der Waals surface area contributed by atoms with Crippen molar-refractivity contribution in [1.82, 2.24) is 4.98 Å². The SMILES string of the molecule is CCC1CCN(c2ncc(C(C)C)cc2C)C1. The van der Waals surface area contributed by atoms with Crippen molar-refractivity contribution < 1.29 is 0 Å². The minimum Gasteiger partial charge on any atom is -0.356 e. The summed E-state index contributed by atoms with van der Waals surface area (Å²) in [5.41, 5.74) is 2.67. The van der Waals surface area contributed by atoms with Gasteiger partial charge in [-0.2, -0.15) is 0 Å². The van der Waals surface area contributed by atoms with Gasteiger partial charge in [-0.25, -0.2) is 4.98 Å². The molecule has 1 fully saturated rings. The van der Waals surface area contributed by atoms with E-state index in [0.29, 0.717) is 5.92 Å². The molecule has 0 amide bonds. The van der Waals surface area contributed by atoms with E-state index >= 15 is 0 Å². The second-order valence-electron chi connectivity index (χ2n) is 5.57. The average molecular weight is 232 g/mol. The minimum absolute atomic E-state index is 0.567. The van der Waals surface area contributed by atoms with Gasteiger partial charge < -0.3 is 4.90 Å². The van der Waals surface area contributed by atoms with Gasteiger partial charge in [-0.15, -0.1) is 0 Å². The summed E-state index contributed by atoms with van der Waals surface area (Å²) >= 11 is 0. The molecule has 1 aromatic heterocycles. The number of rotatable bonds is 3. The summed E-state index contributed by atoms with van der Waals surface area (Å²) in [6.07, 6.45) is 4.66. The van der Waals surface area contributed by atoms with Gasteiger partial charge >= 0.3 is 0 Å². The van der Waals surface area contributed by atoms with Gasteiger partial charge in [0.05, 0.1) is 0 Å². The third-order valence-electron chi connectivity index (χ3n) is 3.90. The Morgan fingerprint density at radius 2 is 2.24 bits per heavy atom. The fourth-order valence-electron chi connectivity index (χ4n) is 2.59. The van der Waals surface area contributed by atoms with Crippen LogP contribution in [0, 0.1) is 12.8 Å². The molecule has 2 rings (SSSR count). The van der Waals surface area contributed by atoms with E-state index in [0.717, 1.165) is 5.92 Å². The largest absolute Gasteiger partial charge is 0.356 e. The third-order valence-corrected chi connectivity index (χ3v) is 3.90. The predicted molar refractivity (Wildman–Crippen MR) is 73.7 cm³/mol. The Bertz CT molecular complexity index is 385. The molecule has 0 radical (unpaired) electrons. The van der Waals surface area contributed by atoms with Gasteiger partial charge in [0.2, 0.25) is 0 Å². The molecule has 1 aliphatic heterocycles. The maximum absolute atomic E-state index is 4.68. The average Bonchev–Trinajstić information content (AvgIpc) is 2.77. The van der Waals surface area contributed by atoms with Crippen LogP contribution in [-0.2, 0) is 0 Å². The van der Waals surface area contributed by atoms with Gasteiger partial charge in [-0.1, -0.05) is 33.3 Å². The number of hydrogen-bond donors (Lipinski definition) is 0. The van der Waals surface area contributed by atoms with Gasteiger partial charge in [0.15, 0.2) is 0 Å². The molecule has 0 spiro atoms. The maximum atomic E-state index is 4.68. The Hall–Kier alpha value is -1.05. The van der Waals surface area contributed by atoms with Crippen LogP contribution in [0.3, 0.4) is 0 Å². The van der Waals surface area contributed by atoms with Crippen molar-refractivity contribution in [2.75, 3.05) is 18.0 Å². The summed E-state index contributed by atoms with van der Waals surface area (Å²) < 4.78 is 0. The fourth-order valence-corrected chi connectivity index (χ4v) is 2.59. The van der Waals surface area contributed by atoms with E-state index in [9.17, 15) is 0 Å². The second kappa shape index (κ2) is 5.07. The monoisotopic (exact) mass is 232 g/mol. The highest BCUT2D eigenvalue weighted by Gasteiger charge is 2.23. The van der Waals surface area contributed by atoms with E-state index in [-0.39, 0.29) is 0 Å². The Labute approximate surface area is 105 Å². The first-order valence-electron chi connectivity index (χ1n) is 6.83. The zero-order valence-electron chi connectivity index (χ0n) is 11.5. The number of hydrogen-bond acceptors (Lipinski definition) is 2. The van der Waals surface area contributed by atoms with Crippen molar-refractivity contribution in [2.24, 2.45) is 5.92 Å². The van der Waals surface area contributed by atoms with Crippen LogP contribution in [-0.4, -0.2) is 18.1 Å². The molecule has 94 valence electrons. The lowest BCUT2D eigenvalue weighted by molar-refractivity contribution is 0.568. The van der Waals surface area contributed by atoms with Crippen molar-refractivity contribution >= 4 is 5.82 Å². The van der Waals surface area contributed by atoms with E-state index in [1.807, 2.05) is 6.20 Å². The Kier molecular flexibility index (Phi) is 3.70. The summed E-state index contributed by atoms with van der Waals surface area (Å²) in [5, 5.41) is 0. The lowest BCUT2D eigenvalue weighted by Gasteiger charge is -2.20. The molecule has 1 unspecified atom stereocenters. The molecule has 0 aliphatic carbocycles. The summed E-state index contributed by atoms with van der Waals surface area (Å²) in [4.78, 5) is 7.13. The van der Waals surface area contributed by atoms with E-state index in [4.69, 9.17) is 0 Å². The second-order valence-corrected chi connectivity index (χ2v) is 5.57. The number of aromatic nitrogens is 1. The quantitative estimate of drug-likeness (QED) is 0.789. The first-order chi connectivity index (χ1) is 8.11. The topological polar surface area (TPSA) is 16.1 Å². The van der Waals surface area contributed by atoms with Crippen LogP contribution in [0.25, 0.3) is 0 Å². The minimum atomic E-state index is 0.567. The standard InChI is InChI=1S/C15H24N2/c1-5-13-6-7-17(10-13)15-12(4)8-14(9-16-15)11(2)3/h8-9,11,13H,5-7,10H2,1-4H3. The molecule has 1 aromatic rings. The summed E-state index contributed by atoms with van der Waals surface area (Å²) in [6, 6.07) is 2.30. The zero-order chi connectivity index (χ0) is 12.4. The van der Waals surface area contributed by atoms with E-state index in [1.165, 1.54) is 42.9 Å². The van der Waals surface area contributed by atoms with Crippen LogP contribution in [0.1, 0.15) is 50.7 Å². The van der Waals surface area contributed by atoms with Gasteiger partial charge in [0.1, 0.15) is 5.82 Å². The molecule has 0 saturated carbocycles. The van der Waals surface area contributed by atoms with Crippen LogP contribution in [0.4, 0.5) is 5.82 Å². The molecule has 0 N–H and O–H groups in total. The molecular weight excluding hydrogens is 208 g/mol. The van der Waals surface area contributed by atoms with Crippen LogP contribution in [0.15, 0.2) is 12.3 Å². The Morgan fingerprint density at radius 1 is 1.47 bits per heavy atom. The van der Waals surface area contributed by atoms with Gasteiger partial charge in [-0.05, 0) is 36.3 Å². The molecule has 0 aromatic carbocycles. The molecule has 0 bridgehead atoms. The van der Waals surface area contributed by atoms with Crippen molar-refractivity contribution in [2.45, 2.75) is 46.5 Å². The van der Waals surface area contributed by atoms with E-state index in [1.54, 1.807) is 0 Å². The number of aryl methyl sites for hydroxylation is 1. The van der Waals surface area contributed by atoms with E-state index < -0.39 is 0 Å². The fraction of sp³-hybridized carbons (Fsp3) is 0.667. The van der Waals surface area contributed by atoms with Gasteiger partial charge in [-0.3, -0.25) is 0 Å². The maximum Gasteiger partial charge on any atom is 0.131 e. The van der Waals surface area contributed by atoms with Crippen LogP contribution < -0.4 is 4.90 Å². The third kappa shape index (κ3) is 2.62. The van der Waals surface area contributed by atoms with E-state index in [2.05, 4.69) is 43.6 Å². The Morgan fingerprint density at radius 3 is 2.76 bits per heavy atom. The Balaban J connectivity index is 2.17. The summed E-state index contributed by atoms with van der Waals surface area (Å²) in [6.45, 7) is 11.3. The lowest BCUT2D eigenvalue weighted by atomic mass is 10.0. The molecule has 1 atom stereocenters. The molecular formula is C15H24N2. The summed E-state index contributed by atoms with van der Waals surface area (Å²) in [5.74, 6) is 2.63. The van der Waals surface area contributed by atoms with Crippen molar-refractivity contribution in [3.05, 3.63) is 23.4 Å². The van der Waals surface area contributed by atoms with Crippen LogP contribution >= 0.6 is 0 Å². The highest BCUT2D eigenvalue weighted by atomic mass is 15.2. The number of pyridine rings is 1. The van der Waals surface area contributed by atoms with Crippen LogP contribution in [0.5, 0.6) is 0 Å². The molecule has 2 heterocycles. The first kappa shape index (κ1) is 12.4. The van der Waals surface area contributed by atoms with Gasteiger partial charge in [0.25, 0.3) is 0 Å². The number of anilines is 1. The number of nitrogens with zero attached hydrogens (tertiary/aromatic N) is 2. The van der Waals surface area contributed by atoms with Crippen molar-refractivity contribution in [3.63, 3.8) is 0 Å². The summed E-state index contributed by atoms with van der Waals surface area (Å²) in [7, 11) is 0. The van der Waals surface area contributed by atoms with Crippen LogP contribution in [0.2, 0.25) is 0 Å². The molecule has 1 saturated heterocycles. The highest BCUT2D eigenvalue weighted by molar-refractivity contribution is 5.48. The molecule has 2 heteroatoms. The smallest absolute Gasteiger partial charge is 0.131 e. The van der Waals surface area contributed by atoms with Crippen molar-refractivity contribution in [3.8, 4) is 0 Å². The van der Waals surface area contributed by atoms with Crippen molar-refractivity contribution in [1.29, 1.82) is 0 Å².